The van der Waals surface area contributed by atoms with Crippen LogP contribution in [-0.4, -0.2) is 35.0 Å². The lowest BCUT2D eigenvalue weighted by molar-refractivity contribution is -0.127. The Morgan fingerprint density at radius 2 is 1.76 bits per heavy atom. The Morgan fingerprint density at radius 3 is 2.45 bits per heavy atom. The van der Waals surface area contributed by atoms with Gasteiger partial charge in [0.2, 0.25) is 5.91 Å². The molecule has 1 atom stereocenters. The summed E-state index contributed by atoms with van der Waals surface area (Å²) in [6.45, 7) is 1.33. The van der Waals surface area contributed by atoms with Gasteiger partial charge in [-0.1, -0.05) is 30.3 Å². The van der Waals surface area contributed by atoms with Crippen molar-refractivity contribution in [3.63, 3.8) is 0 Å². The molecule has 0 radical (unpaired) electrons. The van der Waals surface area contributed by atoms with Crippen molar-refractivity contribution in [1.29, 1.82) is 0 Å². The molecule has 2 amide bonds. The number of hydrogen-bond donors (Lipinski definition) is 2. The fourth-order valence-electron chi connectivity index (χ4n) is 3.43. The summed E-state index contributed by atoms with van der Waals surface area (Å²) in [6, 6.07) is 13.8. The van der Waals surface area contributed by atoms with Crippen LogP contribution in [-0.2, 0) is 9.59 Å². The summed E-state index contributed by atoms with van der Waals surface area (Å²) in [5, 5.41) is 8.52. The summed E-state index contributed by atoms with van der Waals surface area (Å²) in [5.74, 6) is -0.707. The fraction of sp³-hybridized carbons (Fsp3) is 0.217. The predicted molar refractivity (Wildman–Crippen MR) is 109 cm³/mol. The van der Waals surface area contributed by atoms with E-state index in [2.05, 4.69) is 0 Å². The van der Waals surface area contributed by atoms with E-state index in [1.807, 2.05) is 29.2 Å². The summed E-state index contributed by atoms with van der Waals surface area (Å²) in [5.41, 5.74) is 4.20. The molecule has 0 saturated carbocycles. The standard InChI is InChI=1S/C23H23FN2O3/c24-21-10-8-19(9-11-21)20-5-2-14-26(16-20)23(28)13-7-18-4-1-3-17(15-18)6-12-22(27)25-29/h1,3-4,6-13,15,20,29H,2,5,14,16H2,(H,25,27). The van der Waals surface area contributed by atoms with Gasteiger partial charge in [0.15, 0.2) is 0 Å². The zero-order valence-electron chi connectivity index (χ0n) is 15.9. The lowest BCUT2D eigenvalue weighted by atomic mass is 9.90. The maximum atomic E-state index is 13.1. The second-order valence-corrected chi connectivity index (χ2v) is 6.99. The first-order chi connectivity index (χ1) is 14.0. The number of hydroxylamine groups is 1. The van der Waals surface area contributed by atoms with Crippen LogP contribution in [0.2, 0.25) is 0 Å². The Kier molecular flexibility index (Phi) is 6.92. The Bertz CT molecular complexity index is 922. The minimum atomic E-state index is -0.609. The molecule has 1 saturated heterocycles. The largest absolute Gasteiger partial charge is 0.339 e. The van der Waals surface area contributed by atoms with Gasteiger partial charge in [0.05, 0.1) is 0 Å². The monoisotopic (exact) mass is 394 g/mol. The Labute approximate surface area is 169 Å². The van der Waals surface area contributed by atoms with Gasteiger partial charge in [-0.25, -0.2) is 9.87 Å². The summed E-state index contributed by atoms with van der Waals surface area (Å²) < 4.78 is 13.1. The maximum Gasteiger partial charge on any atom is 0.267 e. The molecule has 2 aromatic rings. The first-order valence-electron chi connectivity index (χ1n) is 9.50. The van der Waals surface area contributed by atoms with Gasteiger partial charge in [0.25, 0.3) is 5.91 Å². The number of nitrogens with one attached hydrogen (secondary N) is 1. The van der Waals surface area contributed by atoms with Crippen LogP contribution in [0.3, 0.4) is 0 Å². The van der Waals surface area contributed by atoms with Crippen LogP contribution in [0.5, 0.6) is 0 Å². The summed E-state index contributed by atoms with van der Waals surface area (Å²) in [6.07, 6.45) is 7.98. The van der Waals surface area contributed by atoms with E-state index >= 15 is 0 Å². The molecule has 0 bridgehead atoms. The first-order valence-corrected chi connectivity index (χ1v) is 9.50. The summed E-state index contributed by atoms with van der Waals surface area (Å²) >= 11 is 0. The number of halogens is 1. The zero-order valence-corrected chi connectivity index (χ0v) is 15.9. The zero-order chi connectivity index (χ0) is 20.6. The number of nitrogens with zero attached hydrogens (tertiary/aromatic N) is 1. The van der Waals surface area contributed by atoms with Crippen molar-refractivity contribution in [2.24, 2.45) is 0 Å². The van der Waals surface area contributed by atoms with Crippen LogP contribution >= 0.6 is 0 Å². The minimum absolute atomic E-state index is 0.0579. The molecule has 1 unspecified atom stereocenters. The summed E-state index contributed by atoms with van der Waals surface area (Å²) in [7, 11) is 0. The van der Waals surface area contributed by atoms with E-state index in [1.165, 1.54) is 23.7 Å². The van der Waals surface area contributed by atoms with Gasteiger partial charge >= 0.3 is 0 Å². The van der Waals surface area contributed by atoms with Crippen molar-refractivity contribution in [3.8, 4) is 0 Å². The Morgan fingerprint density at radius 1 is 1.07 bits per heavy atom. The van der Waals surface area contributed by atoms with Crippen LogP contribution in [0.4, 0.5) is 4.39 Å². The van der Waals surface area contributed by atoms with Gasteiger partial charge in [-0.3, -0.25) is 14.8 Å². The third-order valence-corrected chi connectivity index (χ3v) is 4.94. The number of rotatable bonds is 5. The lowest BCUT2D eigenvalue weighted by Gasteiger charge is -2.32. The van der Waals surface area contributed by atoms with E-state index in [4.69, 9.17) is 5.21 Å². The van der Waals surface area contributed by atoms with Gasteiger partial charge < -0.3 is 4.90 Å². The molecule has 1 aliphatic rings. The second-order valence-electron chi connectivity index (χ2n) is 6.99. The van der Waals surface area contributed by atoms with Gasteiger partial charge in [-0.2, -0.15) is 0 Å². The third-order valence-electron chi connectivity index (χ3n) is 4.94. The average molecular weight is 394 g/mol. The molecule has 29 heavy (non-hydrogen) atoms. The number of piperidine rings is 1. The number of hydrogen-bond acceptors (Lipinski definition) is 3. The van der Waals surface area contributed by atoms with Crippen molar-refractivity contribution in [1.82, 2.24) is 10.4 Å². The highest BCUT2D eigenvalue weighted by molar-refractivity contribution is 5.92. The normalized spacial score (nSPS) is 17.0. The fourth-order valence-corrected chi connectivity index (χ4v) is 3.43. The van der Waals surface area contributed by atoms with Crippen LogP contribution in [0.15, 0.2) is 60.7 Å². The quantitative estimate of drug-likeness (QED) is 0.461. The van der Waals surface area contributed by atoms with Gasteiger partial charge in [-0.05, 0) is 59.9 Å². The van der Waals surface area contributed by atoms with Crippen molar-refractivity contribution < 1.29 is 19.2 Å². The van der Waals surface area contributed by atoms with E-state index in [1.54, 1.807) is 30.4 Å². The topological polar surface area (TPSA) is 69.6 Å². The number of amides is 2. The van der Waals surface area contributed by atoms with Crippen molar-refractivity contribution in [2.45, 2.75) is 18.8 Å². The van der Waals surface area contributed by atoms with Crippen LogP contribution in [0.25, 0.3) is 12.2 Å². The number of benzene rings is 2. The van der Waals surface area contributed by atoms with Crippen LogP contribution in [0.1, 0.15) is 35.4 Å². The molecule has 2 aromatic carbocycles. The van der Waals surface area contributed by atoms with E-state index in [9.17, 15) is 14.0 Å². The van der Waals surface area contributed by atoms with Gasteiger partial charge in [0, 0.05) is 31.2 Å². The van der Waals surface area contributed by atoms with Crippen molar-refractivity contribution in [3.05, 3.63) is 83.2 Å². The molecule has 0 spiro atoms. The molecular weight excluding hydrogens is 371 g/mol. The average Bonchev–Trinajstić information content (AvgIpc) is 2.76. The molecule has 2 N–H and O–H groups in total. The highest BCUT2D eigenvalue weighted by Crippen LogP contribution is 2.27. The van der Waals surface area contributed by atoms with Gasteiger partial charge in [-0.15, -0.1) is 0 Å². The van der Waals surface area contributed by atoms with Gasteiger partial charge in [0.1, 0.15) is 5.82 Å². The van der Waals surface area contributed by atoms with E-state index in [0.717, 1.165) is 29.5 Å². The third kappa shape index (κ3) is 5.86. The second kappa shape index (κ2) is 9.80. The Hall–Kier alpha value is -3.25. The molecule has 1 fully saturated rings. The van der Waals surface area contributed by atoms with Crippen molar-refractivity contribution in [2.75, 3.05) is 13.1 Å². The van der Waals surface area contributed by atoms with E-state index in [0.29, 0.717) is 13.1 Å². The first kappa shape index (κ1) is 20.5. The molecular formula is C23H23FN2O3. The van der Waals surface area contributed by atoms with E-state index in [-0.39, 0.29) is 17.6 Å². The molecule has 0 aromatic heterocycles. The SMILES string of the molecule is O=C(C=Cc1cccc(C=CC(=O)N2CCCC(c3ccc(F)cc3)C2)c1)NO. The molecule has 1 heterocycles. The van der Waals surface area contributed by atoms with Crippen LogP contribution < -0.4 is 5.48 Å². The number of carbonyl (C=O) groups excluding carboxylic acids is 2. The smallest absolute Gasteiger partial charge is 0.267 e. The molecule has 1 aliphatic heterocycles. The van der Waals surface area contributed by atoms with E-state index < -0.39 is 5.91 Å². The highest BCUT2D eigenvalue weighted by Gasteiger charge is 2.23. The molecule has 0 aliphatic carbocycles. The van der Waals surface area contributed by atoms with Crippen molar-refractivity contribution >= 4 is 24.0 Å². The minimum Gasteiger partial charge on any atom is -0.339 e. The van der Waals surface area contributed by atoms with Crippen LogP contribution in [0, 0.1) is 5.82 Å². The highest BCUT2D eigenvalue weighted by atomic mass is 19.1. The number of carbonyl (C=O) groups is 2. The molecule has 5 nitrogen and oxygen atoms in total. The predicted octanol–water partition coefficient (Wildman–Crippen LogP) is 3.76. The maximum absolute atomic E-state index is 13.1. The number of likely N-dealkylation sites (tertiary alicyclic amines) is 1. The summed E-state index contributed by atoms with van der Waals surface area (Å²) in [4.78, 5) is 25.5. The molecule has 150 valence electrons. The molecule has 6 heteroatoms. The lowest BCUT2D eigenvalue weighted by Crippen LogP contribution is -2.38. The molecule has 3 rings (SSSR count). The Balaban J connectivity index is 1.63.